The second-order valence-corrected chi connectivity index (χ2v) is 7.17. The molecule has 0 saturated heterocycles. The Labute approximate surface area is 123 Å². The van der Waals surface area contributed by atoms with E-state index in [0.717, 1.165) is 32.3 Å². The van der Waals surface area contributed by atoms with Gasteiger partial charge in [0.15, 0.2) is 9.30 Å². The smallest absolute Gasteiger partial charge is 0.194 e. The van der Waals surface area contributed by atoms with Crippen LogP contribution in [-0.2, 0) is 6.42 Å². The van der Waals surface area contributed by atoms with Crippen LogP contribution >= 0.6 is 34.6 Å². The molecular formula is C11H13N5S3. The van der Waals surface area contributed by atoms with Crippen molar-refractivity contribution in [1.29, 1.82) is 0 Å². The highest BCUT2D eigenvalue weighted by Gasteiger charge is 2.17. The van der Waals surface area contributed by atoms with E-state index in [4.69, 9.17) is 5.73 Å². The van der Waals surface area contributed by atoms with Gasteiger partial charge in [-0.3, -0.25) is 4.40 Å². The summed E-state index contributed by atoms with van der Waals surface area (Å²) in [4.78, 5) is 10.0. The van der Waals surface area contributed by atoms with Crippen LogP contribution < -0.4 is 5.73 Å². The predicted octanol–water partition coefficient (Wildman–Crippen LogP) is 2.60. The van der Waals surface area contributed by atoms with E-state index in [2.05, 4.69) is 18.7 Å². The number of hydrogen-bond donors (Lipinski definition) is 1. The van der Waals surface area contributed by atoms with Crippen LogP contribution in [0.1, 0.15) is 18.4 Å². The second-order valence-electron chi connectivity index (χ2n) is 4.31. The van der Waals surface area contributed by atoms with Gasteiger partial charge in [0.1, 0.15) is 10.9 Å². The van der Waals surface area contributed by atoms with E-state index in [1.54, 1.807) is 23.1 Å². The van der Waals surface area contributed by atoms with Crippen LogP contribution in [0.15, 0.2) is 20.9 Å². The first-order valence-electron chi connectivity index (χ1n) is 5.81. The lowest BCUT2D eigenvalue weighted by Gasteiger charge is -2.05. The average Bonchev–Trinajstić information content (AvgIpc) is 2.99. The molecule has 0 aliphatic carbocycles. The molecule has 0 aliphatic heterocycles. The molecule has 0 spiro atoms. The number of aromatic nitrogens is 4. The lowest BCUT2D eigenvalue weighted by molar-refractivity contribution is 0.706. The Morgan fingerprint density at radius 2 is 2.32 bits per heavy atom. The van der Waals surface area contributed by atoms with Crippen molar-refractivity contribution in [3.63, 3.8) is 0 Å². The fourth-order valence-corrected chi connectivity index (χ4v) is 4.27. The highest BCUT2D eigenvalue weighted by atomic mass is 32.2. The zero-order chi connectivity index (χ0) is 13.4. The van der Waals surface area contributed by atoms with E-state index < -0.39 is 0 Å². The van der Waals surface area contributed by atoms with E-state index in [0.29, 0.717) is 0 Å². The first-order chi connectivity index (χ1) is 9.13. The average molecular weight is 311 g/mol. The number of nitrogens with two attached hydrogens (primary N) is 1. The van der Waals surface area contributed by atoms with Crippen molar-refractivity contribution in [3.8, 4) is 0 Å². The van der Waals surface area contributed by atoms with Crippen LogP contribution in [0.2, 0.25) is 0 Å². The van der Waals surface area contributed by atoms with Gasteiger partial charge < -0.3 is 5.73 Å². The molecule has 1 unspecified atom stereocenters. The molecule has 8 heteroatoms. The Morgan fingerprint density at radius 3 is 3.00 bits per heavy atom. The molecule has 0 amide bonds. The quantitative estimate of drug-likeness (QED) is 0.802. The van der Waals surface area contributed by atoms with E-state index in [1.165, 1.54) is 11.5 Å². The standard InChI is InChI=1S/C11H13N5S3/c1-6(12)5-8-9(14-10-16(8)3-4-17-10)18-11-13-7(2)15-19-11/h3-4,6H,5,12H2,1-2H3. The fourth-order valence-electron chi connectivity index (χ4n) is 1.79. The summed E-state index contributed by atoms with van der Waals surface area (Å²) in [5.74, 6) is 0.808. The van der Waals surface area contributed by atoms with Crippen molar-refractivity contribution in [2.24, 2.45) is 5.73 Å². The lowest BCUT2D eigenvalue weighted by atomic mass is 10.2. The molecule has 0 bridgehead atoms. The van der Waals surface area contributed by atoms with E-state index in [-0.39, 0.29) is 6.04 Å². The summed E-state index contributed by atoms with van der Waals surface area (Å²) in [6.07, 6.45) is 2.85. The molecule has 3 aromatic heterocycles. The monoisotopic (exact) mass is 311 g/mol. The normalized spacial score (nSPS) is 13.2. The zero-order valence-corrected chi connectivity index (χ0v) is 13.0. The molecule has 0 saturated carbocycles. The molecule has 0 radical (unpaired) electrons. The second kappa shape index (κ2) is 5.20. The minimum atomic E-state index is 0.107. The number of aryl methyl sites for hydroxylation is 1. The molecule has 5 nitrogen and oxygen atoms in total. The number of imidazole rings is 1. The molecule has 0 aromatic carbocycles. The Morgan fingerprint density at radius 1 is 1.47 bits per heavy atom. The summed E-state index contributed by atoms with van der Waals surface area (Å²) in [7, 11) is 0. The van der Waals surface area contributed by atoms with Gasteiger partial charge in [0.25, 0.3) is 0 Å². The van der Waals surface area contributed by atoms with E-state index >= 15 is 0 Å². The summed E-state index contributed by atoms with van der Waals surface area (Å²) in [5, 5.41) is 3.02. The molecule has 19 heavy (non-hydrogen) atoms. The Bertz CT molecular complexity index is 696. The first kappa shape index (κ1) is 13.0. The van der Waals surface area contributed by atoms with Gasteiger partial charge in [-0.25, -0.2) is 9.97 Å². The number of nitrogens with zero attached hydrogens (tertiary/aromatic N) is 4. The third-order valence-corrected chi connectivity index (χ3v) is 5.15. The van der Waals surface area contributed by atoms with Crippen molar-refractivity contribution < 1.29 is 0 Å². The molecule has 1 atom stereocenters. The third kappa shape index (κ3) is 2.66. The van der Waals surface area contributed by atoms with Crippen LogP contribution in [0, 0.1) is 6.92 Å². The van der Waals surface area contributed by atoms with E-state index in [9.17, 15) is 0 Å². The molecule has 2 N–H and O–H groups in total. The Balaban J connectivity index is 1.99. The van der Waals surface area contributed by atoms with Gasteiger partial charge >= 0.3 is 0 Å². The summed E-state index contributed by atoms with van der Waals surface area (Å²) in [5.41, 5.74) is 7.09. The largest absolute Gasteiger partial charge is 0.328 e. The third-order valence-electron chi connectivity index (χ3n) is 2.53. The lowest BCUT2D eigenvalue weighted by Crippen LogP contribution is -2.19. The maximum Gasteiger partial charge on any atom is 0.194 e. The van der Waals surface area contributed by atoms with Crippen LogP contribution in [0.4, 0.5) is 0 Å². The van der Waals surface area contributed by atoms with Gasteiger partial charge in [0.05, 0.1) is 5.69 Å². The molecule has 100 valence electrons. The minimum Gasteiger partial charge on any atom is -0.328 e. The SMILES string of the molecule is Cc1nsc(Sc2nc3sccn3c2CC(C)N)n1. The van der Waals surface area contributed by atoms with Crippen LogP contribution in [0.3, 0.4) is 0 Å². The number of rotatable bonds is 4. The molecule has 3 aromatic rings. The van der Waals surface area contributed by atoms with Crippen LogP contribution in [0.5, 0.6) is 0 Å². The first-order valence-corrected chi connectivity index (χ1v) is 8.28. The van der Waals surface area contributed by atoms with Crippen molar-refractivity contribution in [3.05, 3.63) is 23.1 Å². The van der Waals surface area contributed by atoms with Crippen LogP contribution in [0.25, 0.3) is 4.96 Å². The summed E-state index contributed by atoms with van der Waals surface area (Å²) in [6.45, 7) is 3.91. The molecule has 3 rings (SSSR count). The Hall–Kier alpha value is -0.960. The van der Waals surface area contributed by atoms with Gasteiger partial charge in [-0.05, 0) is 37.1 Å². The van der Waals surface area contributed by atoms with Gasteiger partial charge in [-0.1, -0.05) is 0 Å². The van der Waals surface area contributed by atoms with Crippen LogP contribution in [-0.4, -0.2) is 24.8 Å². The van der Waals surface area contributed by atoms with Crippen molar-refractivity contribution in [2.45, 2.75) is 35.7 Å². The predicted molar refractivity (Wildman–Crippen MR) is 79.2 cm³/mol. The van der Waals surface area contributed by atoms with Gasteiger partial charge in [0, 0.05) is 24.0 Å². The fraction of sp³-hybridized carbons (Fsp3) is 0.364. The summed E-state index contributed by atoms with van der Waals surface area (Å²) >= 11 is 4.61. The van der Waals surface area contributed by atoms with Crippen molar-refractivity contribution >= 4 is 39.6 Å². The summed E-state index contributed by atoms with van der Waals surface area (Å²) < 4.78 is 7.24. The van der Waals surface area contributed by atoms with Crippen molar-refractivity contribution in [1.82, 2.24) is 18.7 Å². The molecule has 3 heterocycles. The highest BCUT2D eigenvalue weighted by Crippen LogP contribution is 2.33. The Kier molecular flexibility index (Phi) is 3.57. The highest BCUT2D eigenvalue weighted by molar-refractivity contribution is 8.00. The topological polar surface area (TPSA) is 69.1 Å². The maximum atomic E-state index is 5.94. The molecule has 0 fully saturated rings. The van der Waals surface area contributed by atoms with Gasteiger partial charge in [-0.2, -0.15) is 4.37 Å². The zero-order valence-electron chi connectivity index (χ0n) is 10.5. The van der Waals surface area contributed by atoms with Gasteiger partial charge in [0.2, 0.25) is 0 Å². The van der Waals surface area contributed by atoms with Crippen molar-refractivity contribution in [2.75, 3.05) is 0 Å². The molecular weight excluding hydrogens is 298 g/mol. The number of thiazole rings is 1. The van der Waals surface area contributed by atoms with E-state index in [1.807, 2.05) is 25.4 Å². The molecule has 0 aliphatic rings. The number of fused-ring (bicyclic) bond motifs is 1. The maximum absolute atomic E-state index is 5.94. The number of hydrogen-bond acceptors (Lipinski definition) is 7. The van der Waals surface area contributed by atoms with Gasteiger partial charge in [-0.15, -0.1) is 11.3 Å². The minimum absolute atomic E-state index is 0.107. The summed E-state index contributed by atoms with van der Waals surface area (Å²) in [6, 6.07) is 0.107.